The van der Waals surface area contributed by atoms with E-state index in [4.69, 9.17) is 0 Å². The van der Waals surface area contributed by atoms with Gasteiger partial charge in [0.25, 0.3) is 0 Å². The highest BCUT2D eigenvalue weighted by molar-refractivity contribution is 6.32. The van der Waals surface area contributed by atoms with Gasteiger partial charge in [0.05, 0.1) is 6.20 Å². The molecule has 1 aromatic carbocycles. The van der Waals surface area contributed by atoms with Crippen molar-refractivity contribution in [1.29, 1.82) is 0 Å². The zero-order valence-electron chi connectivity index (χ0n) is 11.1. The average molecular weight is 255 g/mol. The summed E-state index contributed by atoms with van der Waals surface area (Å²) in [5, 5.41) is 17.4. The van der Waals surface area contributed by atoms with Crippen LogP contribution in [0.5, 0.6) is 0 Å². The van der Waals surface area contributed by atoms with Crippen LogP contribution in [-0.4, -0.2) is 36.1 Å². The van der Waals surface area contributed by atoms with Gasteiger partial charge in [-0.25, -0.2) is 0 Å². The number of benzene rings is 1. The lowest BCUT2D eigenvalue weighted by Gasteiger charge is -2.22. The predicted molar refractivity (Wildman–Crippen MR) is 77.9 cm³/mol. The molecule has 1 aliphatic rings. The van der Waals surface area contributed by atoms with Crippen molar-refractivity contribution in [2.24, 2.45) is 0 Å². The van der Waals surface area contributed by atoms with Gasteiger partial charge in [-0.05, 0) is 31.8 Å². The fourth-order valence-corrected chi connectivity index (χ4v) is 2.86. The first-order valence-electron chi connectivity index (χ1n) is 6.80. The van der Waals surface area contributed by atoms with E-state index < -0.39 is 0 Å². The van der Waals surface area contributed by atoms with Crippen LogP contribution in [0.15, 0.2) is 30.5 Å². The van der Waals surface area contributed by atoms with Gasteiger partial charge < -0.3 is 10.5 Å². The van der Waals surface area contributed by atoms with Gasteiger partial charge in [-0.3, -0.25) is 0 Å². The molecule has 2 aromatic rings. The minimum atomic E-state index is 0.484. The van der Waals surface area contributed by atoms with Crippen LogP contribution < -0.4 is 10.8 Å². The summed E-state index contributed by atoms with van der Waals surface area (Å²) >= 11 is 0. The lowest BCUT2D eigenvalue weighted by Crippen LogP contribution is -2.26. The summed E-state index contributed by atoms with van der Waals surface area (Å²) in [5.41, 5.74) is 4.23. The first-order valence-corrected chi connectivity index (χ1v) is 6.80. The highest BCUT2D eigenvalue weighted by Gasteiger charge is 2.22. The van der Waals surface area contributed by atoms with E-state index >= 15 is 0 Å². The molecule has 0 radical (unpaired) electrons. The van der Waals surface area contributed by atoms with Crippen molar-refractivity contribution >= 4 is 13.3 Å². The van der Waals surface area contributed by atoms with Gasteiger partial charge in [-0.1, -0.05) is 29.7 Å². The Hall–Kier alpha value is -1.75. The highest BCUT2D eigenvalue weighted by atomic mass is 16.5. The zero-order chi connectivity index (χ0) is 13.2. The first-order chi connectivity index (χ1) is 9.25. The van der Waals surface area contributed by atoms with E-state index in [1.807, 2.05) is 18.3 Å². The molecular formula is C14H18BN3O. The van der Waals surface area contributed by atoms with Crippen molar-refractivity contribution < 1.29 is 5.21 Å². The van der Waals surface area contributed by atoms with Crippen molar-refractivity contribution in [2.75, 3.05) is 13.1 Å². The molecule has 19 heavy (non-hydrogen) atoms. The predicted octanol–water partition coefficient (Wildman–Crippen LogP) is 0.513. The molecule has 0 spiro atoms. The van der Waals surface area contributed by atoms with Gasteiger partial charge >= 0.3 is 0 Å². The van der Waals surface area contributed by atoms with E-state index in [0.717, 1.165) is 47.6 Å². The number of hydrogen-bond donors (Lipinski definition) is 2. The lowest BCUT2D eigenvalue weighted by atomic mass is 9.87. The van der Waals surface area contributed by atoms with E-state index in [0.29, 0.717) is 5.92 Å². The number of nitrogens with zero attached hydrogens (tertiary/aromatic N) is 2. The molecule has 4 nitrogen and oxygen atoms in total. The Kier molecular flexibility index (Phi) is 3.30. The molecule has 0 atom stereocenters. The maximum Gasteiger partial charge on any atom is 0.139 e. The molecule has 98 valence electrons. The normalized spacial score (nSPS) is 16.6. The molecule has 0 saturated carbocycles. The van der Waals surface area contributed by atoms with E-state index in [9.17, 15) is 5.21 Å². The monoisotopic (exact) mass is 255 g/mol. The Bertz CT molecular complexity index is 576. The number of hydrogen-bond acceptors (Lipinski definition) is 3. The largest absolute Gasteiger partial charge is 0.411 e. The van der Waals surface area contributed by atoms with Crippen LogP contribution in [0.1, 0.15) is 24.3 Å². The van der Waals surface area contributed by atoms with Gasteiger partial charge in [0.2, 0.25) is 0 Å². The molecule has 0 amide bonds. The Balaban J connectivity index is 2.03. The summed E-state index contributed by atoms with van der Waals surface area (Å²) in [6, 6.07) is 8.20. The maximum atomic E-state index is 10.00. The summed E-state index contributed by atoms with van der Waals surface area (Å²) in [6.45, 7) is 2.07. The molecule has 1 saturated heterocycles. The third kappa shape index (κ3) is 2.38. The molecule has 3 rings (SSSR count). The summed E-state index contributed by atoms with van der Waals surface area (Å²) < 4.78 is 0. The number of aromatic nitrogens is 2. The number of nitrogens with one attached hydrogen (secondary N) is 1. The second-order valence-corrected chi connectivity index (χ2v) is 5.23. The van der Waals surface area contributed by atoms with E-state index in [1.165, 1.54) is 5.46 Å². The minimum absolute atomic E-state index is 0.484. The third-order valence-electron chi connectivity index (χ3n) is 3.85. The Morgan fingerprint density at radius 2 is 2.11 bits per heavy atom. The first kappa shape index (κ1) is 12.3. The van der Waals surface area contributed by atoms with Crippen LogP contribution in [-0.2, 0) is 0 Å². The minimum Gasteiger partial charge on any atom is -0.411 e. The van der Waals surface area contributed by atoms with Gasteiger partial charge in [0, 0.05) is 11.1 Å². The van der Waals surface area contributed by atoms with Crippen molar-refractivity contribution in [3.05, 3.63) is 36.0 Å². The molecule has 2 heterocycles. The molecule has 0 unspecified atom stereocenters. The topological polar surface area (TPSA) is 50.1 Å². The zero-order valence-corrected chi connectivity index (χ0v) is 11.1. The molecule has 2 N–H and O–H groups in total. The van der Waals surface area contributed by atoms with Crippen LogP contribution in [0.2, 0.25) is 0 Å². The average Bonchev–Trinajstić information content (AvgIpc) is 2.82. The van der Waals surface area contributed by atoms with Crippen molar-refractivity contribution in [3.63, 3.8) is 0 Å². The van der Waals surface area contributed by atoms with Crippen LogP contribution in [0.3, 0.4) is 0 Å². The fourth-order valence-electron chi connectivity index (χ4n) is 2.86. The molecule has 5 heteroatoms. The van der Waals surface area contributed by atoms with Crippen molar-refractivity contribution in [1.82, 2.24) is 15.3 Å². The Morgan fingerprint density at radius 3 is 2.84 bits per heavy atom. The van der Waals surface area contributed by atoms with Crippen molar-refractivity contribution in [3.8, 4) is 11.3 Å². The summed E-state index contributed by atoms with van der Waals surface area (Å²) in [4.78, 5) is 1.02. The van der Waals surface area contributed by atoms with Gasteiger partial charge in [0.1, 0.15) is 13.5 Å². The third-order valence-corrected chi connectivity index (χ3v) is 3.85. The second-order valence-electron chi connectivity index (χ2n) is 5.23. The van der Waals surface area contributed by atoms with E-state index in [1.54, 1.807) is 0 Å². The Labute approximate surface area is 113 Å². The van der Waals surface area contributed by atoms with E-state index in [2.05, 4.69) is 30.4 Å². The molecule has 1 aromatic heterocycles. The molecule has 1 fully saturated rings. The van der Waals surface area contributed by atoms with Crippen LogP contribution in [0.4, 0.5) is 0 Å². The molecule has 1 aliphatic heterocycles. The molecule has 0 aliphatic carbocycles. The smallest absolute Gasteiger partial charge is 0.139 e. The highest BCUT2D eigenvalue weighted by Crippen LogP contribution is 2.33. The lowest BCUT2D eigenvalue weighted by molar-refractivity contribution is 0.153. The molecule has 0 bridgehead atoms. The Morgan fingerprint density at radius 1 is 1.32 bits per heavy atom. The summed E-state index contributed by atoms with van der Waals surface area (Å²) in [7, 11) is 2.06. The molecular weight excluding hydrogens is 237 g/mol. The SMILES string of the molecule is Bc1cccc(-c2c(C3CCNCC3)cnn2O)c1. The van der Waals surface area contributed by atoms with Crippen LogP contribution in [0, 0.1) is 0 Å². The van der Waals surface area contributed by atoms with E-state index in [-0.39, 0.29) is 0 Å². The quantitative estimate of drug-likeness (QED) is 0.607. The number of rotatable bonds is 2. The standard InChI is InChI=1S/C14H18BN3O/c15-12-3-1-2-11(8-12)14-13(9-17-18(14)19)10-4-6-16-7-5-10/h1-3,8-10,16,19H,4-7,15H2. The van der Waals surface area contributed by atoms with Crippen molar-refractivity contribution in [2.45, 2.75) is 18.8 Å². The van der Waals surface area contributed by atoms with Crippen LogP contribution >= 0.6 is 0 Å². The van der Waals surface area contributed by atoms with Gasteiger partial charge in [-0.15, -0.1) is 9.94 Å². The summed E-state index contributed by atoms with van der Waals surface area (Å²) in [6.07, 6.45) is 4.02. The maximum absolute atomic E-state index is 10.00. The van der Waals surface area contributed by atoms with Gasteiger partial charge in [-0.2, -0.15) is 0 Å². The van der Waals surface area contributed by atoms with Crippen LogP contribution in [0.25, 0.3) is 11.3 Å². The number of piperidine rings is 1. The fraction of sp³-hybridized carbons (Fsp3) is 0.357. The summed E-state index contributed by atoms with van der Waals surface area (Å²) in [5.74, 6) is 0.484. The second kappa shape index (κ2) is 5.09. The van der Waals surface area contributed by atoms with Gasteiger partial charge in [0.15, 0.2) is 0 Å².